The van der Waals surface area contributed by atoms with Crippen LogP contribution in [0.4, 0.5) is 0 Å². The summed E-state index contributed by atoms with van der Waals surface area (Å²) in [6.45, 7) is 3.94. The SMILES string of the molecule is CCCC(C)NC(=O)c1cccc(C(=O)O)n1. The number of carboxylic acid groups (broad SMARTS) is 1. The van der Waals surface area contributed by atoms with Crippen molar-refractivity contribution < 1.29 is 14.7 Å². The highest BCUT2D eigenvalue weighted by Crippen LogP contribution is 2.02. The molecular formula is C12H16N2O3. The minimum atomic E-state index is -1.14. The minimum Gasteiger partial charge on any atom is -0.477 e. The van der Waals surface area contributed by atoms with E-state index in [9.17, 15) is 9.59 Å². The molecule has 0 bridgehead atoms. The van der Waals surface area contributed by atoms with Gasteiger partial charge in [-0.2, -0.15) is 0 Å². The maximum Gasteiger partial charge on any atom is 0.354 e. The zero-order valence-electron chi connectivity index (χ0n) is 9.93. The number of nitrogens with zero attached hydrogens (tertiary/aromatic N) is 1. The number of rotatable bonds is 5. The van der Waals surface area contributed by atoms with Crippen LogP contribution in [0.25, 0.3) is 0 Å². The van der Waals surface area contributed by atoms with Crippen molar-refractivity contribution >= 4 is 11.9 Å². The molecule has 0 aromatic carbocycles. The Morgan fingerprint density at radius 3 is 2.65 bits per heavy atom. The van der Waals surface area contributed by atoms with Gasteiger partial charge in [0.1, 0.15) is 11.4 Å². The molecular weight excluding hydrogens is 220 g/mol. The second-order valence-corrected chi connectivity index (χ2v) is 3.88. The summed E-state index contributed by atoms with van der Waals surface area (Å²) < 4.78 is 0. The summed E-state index contributed by atoms with van der Waals surface area (Å²) in [6, 6.07) is 4.42. The fourth-order valence-electron chi connectivity index (χ4n) is 1.48. The van der Waals surface area contributed by atoms with E-state index in [1.807, 2.05) is 13.8 Å². The predicted molar refractivity (Wildman–Crippen MR) is 63.0 cm³/mol. The standard InChI is InChI=1S/C12H16N2O3/c1-3-5-8(2)13-11(15)9-6-4-7-10(14-9)12(16)17/h4,6-8H,3,5H2,1-2H3,(H,13,15)(H,16,17). The molecule has 0 aliphatic heterocycles. The van der Waals surface area contributed by atoms with Crippen LogP contribution in [-0.2, 0) is 0 Å². The summed E-state index contributed by atoms with van der Waals surface area (Å²) in [5.41, 5.74) is 0.00801. The Bertz CT molecular complexity index is 418. The van der Waals surface area contributed by atoms with Crippen LogP contribution in [0.15, 0.2) is 18.2 Å². The third-order valence-corrected chi connectivity index (χ3v) is 2.30. The van der Waals surface area contributed by atoms with Gasteiger partial charge in [-0.3, -0.25) is 4.79 Å². The molecule has 0 fully saturated rings. The van der Waals surface area contributed by atoms with Gasteiger partial charge in [-0.15, -0.1) is 0 Å². The van der Waals surface area contributed by atoms with Gasteiger partial charge in [0.25, 0.3) is 5.91 Å². The lowest BCUT2D eigenvalue weighted by Gasteiger charge is -2.12. The minimum absolute atomic E-state index is 0.0581. The van der Waals surface area contributed by atoms with Gasteiger partial charge < -0.3 is 10.4 Å². The summed E-state index contributed by atoms with van der Waals surface area (Å²) in [5, 5.41) is 11.5. The number of hydrogen-bond acceptors (Lipinski definition) is 3. The van der Waals surface area contributed by atoms with Crippen molar-refractivity contribution in [2.24, 2.45) is 0 Å². The molecule has 17 heavy (non-hydrogen) atoms. The van der Waals surface area contributed by atoms with E-state index in [1.165, 1.54) is 18.2 Å². The predicted octanol–water partition coefficient (Wildman–Crippen LogP) is 1.70. The quantitative estimate of drug-likeness (QED) is 0.815. The van der Waals surface area contributed by atoms with E-state index in [0.717, 1.165) is 12.8 Å². The molecule has 1 atom stereocenters. The van der Waals surface area contributed by atoms with Crippen molar-refractivity contribution in [1.82, 2.24) is 10.3 Å². The molecule has 2 N–H and O–H groups in total. The Morgan fingerprint density at radius 2 is 2.06 bits per heavy atom. The van der Waals surface area contributed by atoms with Crippen LogP contribution in [0.2, 0.25) is 0 Å². The lowest BCUT2D eigenvalue weighted by Crippen LogP contribution is -2.33. The molecule has 0 saturated heterocycles. The number of amides is 1. The molecule has 1 unspecified atom stereocenters. The largest absolute Gasteiger partial charge is 0.477 e. The first-order valence-electron chi connectivity index (χ1n) is 5.55. The Labute approximate surface area is 99.9 Å². The summed E-state index contributed by atoms with van der Waals surface area (Å²) in [7, 11) is 0. The van der Waals surface area contributed by atoms with Crippen molar-refractivity contribution in [3.05, 3.63) is 29.6 Å². The van der Waals surface area contributed by atoms with Crippen molar-refractivity contribution in [3.8, 4) is 0 Å². The smallest absolute Gasteiger partial charge is 0.354 e. The Hall–Kier alpha value is -1.91. The summed E-state index contributed by atoms with van der Waals surface area (Å²) >= 11 is 0. The first-order chi connectivity index (χ1) is 8.04. The van der Waals surface area contributed by atoms with E-state index < -0.39 is 5.97 Å². The molecule has 92 valence electrons. The summed E-state index contributed by atoms with van der Waals surface area (Å²) in [4.78, 5) is 26.2. The lowest BCUT2D eigenvalue weighted by molar-refractivity contribution is 0.0690. The van der Waals surface area contributed by atoms with Gasteiger partial charge in [0, 0.05) is 6.04 Å². The molecule has 0 aliphatic carbocycles. The maximum absolute atomic E-state index is 11.7. The molecule has 1 aromatic rings. The van der Waals surface area contributed by atoms with Crippen LogP contribution in [0.5, 0.6) is 0 Å². The van der Waals surface area contributed by atoms with Crippen molar-refractivity contribution in [2.75, 3.05) is 0 Å². The molecule has 0 radical (unpaired) electrons. The van der Waals surface area contributed by atoms with E-state index in [2.05, 4.69) is 10.3 Å². The molecule has 0 aliphatic rings. The molecule has 5 nitrogen and oxygen atoms in total. The zero-order chi connectivity index (χ0) is 12.8. The van der Waals surface area contributed by atoms with Crippen LogP contribution in [0, 0.1) is 0 Å². The lowest BCUT2D eigenvalue weighted by atomic mass is 10.2. The van der Waals surface area contributed by atoms with Gasteiger partial charge in [0.2, 0.25) is 0 Å². The number of carbonyl (C=O) groups excluding carboxylic acids is 1. The van der Waals surface area contributed by atoms with Crippen molar-refractivity contribution in [1.29, 1.82) is 0 Å². The van der Waals surface area contributed by atoms with Crippen molar-refractivity contribution in [3.63, 3.8) is 0 Å². The number of aromatic carboxylic acids is 1. The van der Waals surface area contributed by atoms with Crippen LogP contribution in [0.1, 0.15) is 47.7 Å². The highest BCUT2D eigenvalue weighted by molar-refractivity contribution is 5.94. The molecule has 0 saturated carbocycles. The van der Waals surface area contributed by atoms with E-state index in [4.69, 9.17) is 5.11 Å². The topological polar surface area (TPSA) is 79.3 Å². The fourth-order valence-corrected chi connectivity index (χ4v) is 1.48. The molecule has 1 heterocycles. The Morgan fingerprint density at radius 1 is 1.41 bits per heavy atom. The second kappa shape index (κ2) is 5.98. The first-order valence-corrected chi connectivity index (χ1v) is 5.55. The molecule has 1 rings (SSSR count). The van der Waals surface area contributed by atoms with Gasteiger partial charge >= 0.3 is 5.97 Å². The average molecular weight is 236 g/mol. The third kappa shape index (κ3) is 3.86. The van der Waals surface area contributed by atoms with E-state index in [-0.39, 0.29) is 23.3 Å². The third-order valence-electron chi connectivity index (χ3n) is 2.30. The number of aromatic nitrogens is 1. The maximum atomic E-state index is 11.7. The summed E-state index contributed by atoms with van der Waals surface area (Å²) in [5.74, 6) is -1.48. The number of carbonyl (C=O) groups is 2. The number of carboxylic acids is 1. The Balaban J connectivity index is 2.75. The molecule has 0 spiro atoms. The van der Waals surface area contributed by atoms with E-state index in [0.29, 0.717) is 0 Å². The van der Waals surface area contributed by atoms with Gasteiger partial charge in [-0.1, -0.05) is 19.4 Å². The van der Waals surface area contributed by atoms with Crippen LogP contribution < -0.4 is 5.32 Å². The Kier molecular flexibility index (Phi) is 4.63. The number of hydrogen-bond donors (Lipinski definition) is 2. The van der Waals surface area contributed by atoms with Gasteiger partial charge in [0.05, 0.1) is 0 Å². The molecule has 5 heteroatoms. The monoisotopic (exact) mass is 236 g/mol. The fraction of sp³-hybridized carbons (Fsp3) is 0.417. The second-order valence-electron chi connectivity index (χ2n) is 3.88. The van der Waals surface area contributed by atoms with Crippen LogP contribution in [0.3, 0.4) is 0 Å². The van der Waals surface area contributed by atoms with Gasteiger partial charge in [-0.05, 0) is 25.5 Å². The first kappa shape index (κ1) is 13.2. The van der Waals surface area contributed by atoms with E-state index in [1.54, 1.807) is 0 Å². The average Bonchev–Trinajstić information content (AvgIpc) is 2.29. The van der Waals surface area contributed by atoms with Crippen LogP contribution >= 0.6 is 0 Å². The van der Waals surface area contributed by atoms with Crippen LogP contribution in [-0.4, -0.2) is 28.0 Å². The van der Waals surface area contributed by atoms with E-state index >= 15 is 0 Å². The molecule has 1 amide bonds. The highest BCUT2D eigenvalue weighted by atomic mass is 16.4. The van der Waals surface area contributed by atoms with Gasteiger partial charge in [0.15, 0.2) is 0 Å². The normalized spacial score (nSPS) is 11.9. The summed E-state index contributed by atoms with van der Waals surface area (Å²) in [6.07, 6.45) is 1.86. The van der Waals surface area contributed by atoms with Gasteiger partial charge in [-0.25, -0.2) is 9.78 Å². The zero-order valence-corrected chi connectivity index (χ0v) is 9.93. The number of nitrogens with one attached hydrogen (secondary N) is 1. The highest BCUT2D eigenvalue weighted by Gasteiger charge is 2.12. The number of pyridine rings is 1. The molecule has 1 aromatic heterocycles. The van der Waals surface area contributed by atoms with Crippen molar-refractivity contribution in [2.45, 2.75) is 32.7 Å².